The number of hydrogen-bond donors (Lipinski definition) is 2. The minimum Gasteiger partial charge on any atom is -0.507 e. The van der Waals surface area contributed by atoms with Crippen LogP contribution in [-0.4, -0.2) is 47.6 Å². The number of aromatic hydroxyl groups is 1. The standard InChI is InChI=1S/C15H20N2O4/c1-9(2)17-7-6-12(15(17)20)16-14(19)11-8-10(21-3)4-5-13(11)18/h4-5,8-9,12,18H,6-7H2,1-3H3,(H,16,19). The molecule has 1 saturated heterocycles. The summed E-state index contributed by atoms with van der Waals surface area (Å²) in [4.78, 5) is 26.1. The lowest BCUT2D eigenvalue weighted by Crippen LogP contribution is -2.43. The molecular weight excluding hydrogens is 272 g/mol. The Morgan fingerprint density at radius 2 is 2.19 bits per heavy atom. The zero-order chi connectivity index (χ0) is 15.6. The first kappa shape index (κ1) is 15.2. The van der Waals surface area contributed by atoms with Gasteiger partial charge in [-0.15, -0.1) is 0 Å². The summed E-state index contributed by atoms with van der Waals surface area (Å²) < 4.78 is 5.03. The number of hydrogen-bond acceptors (Lipinski definition) is 4. The van der Waals surface area contributed by atoms with Gasteiger partial charge in [0, 0.05) is 12.6 Å². The summed E-state index contributed by atoms with van der Waals surface area (Å²) in [6.45, 7) is 4.51. The number of ether oxygens (including phenoxy) is 1. The fourth-order valence-corrected chi connectivity index (χ4v) is 2.41. The molecule has 1 aromatic carbocycles. The van der Waals surface area contributed by atoms with Crippen LogP contribution in [0.1, 0.15) is 30.6 Å². The molecule has 0 bridgehead atoms. The van der Waals surface area contributed by atoms with Crippen LogP contribution in [0, 0.1) is 0 Å². The third kappa shape index (κ3) is 3.09. The summed E-state index contributed by atoms with van der Waals surface area (Å²) in [7, 11) is 1.48. The third-order valence-electron chi connectivity index (χ3n) is 3.62. The molecule has 2 N–H and O–H groups in total. The van der Waals surface area contributed by atoms with Crippen LogP contribution in [0.4, 0.5) is 0 Å². The normalized spacial score (nSPS) is 18.2. The SMILES string of the molecule is COc1ccc(O)c(C(=O)NC2CCN(C(C)C)C2=O)c1. The molecular formula is C15H20N2O4. The minimum absolute atomic E-state index is 0.0827. The van der Waals surface area contributed by atoms with E-state index in [4.69, 9.17) is 4.74 Å². The van der Waals surface area contributed by atoms with Gasteiger partial charge in [-0.3, -0.25) is 9.59 Å². The van der Waals surface area contributed by atoms with Crippen molar-refractivity contribution in [1.82, 2.24) is 10.2 Å². The van der Waals surface area contributed by atoms with E-state index < -0.39 is 11.9 Å². The molecule has 0 aromatic heterocycles. The van der Waals surface area contributed by atoms with Crippen LogP contribution in [0.25, 0.3) is 0 Å². The Morgan fingerprint density at radius 1 is 1.48 bits per heavy atom. The molecule has 0 saturated carbocycles. The molecule has 0 aliphatic carbocycles. The van der Waals surface area contributed by atoms with E-state index in [0.29, 0.717) is 18.7 Å². The summed E-state index contributed by atoms with van der Waals surface area (Å²) >= 11 is 0. The Labute approximate surface area is 123 Å². The van der Waals surface area contributed by atoms with Crippen molar-refractivity contribution in [2.75, 3.05) is 13.7 Å². The molecule has 114 valence electrons. The monoisotopic (exact) mass is 292 g/mol. The number of rotatable bonds is 4. The molecule has 2 amide bonds. The van der Waals surface area contributed by atoms with Gasteiger partial charge >= 0.3 is 0 Å². The van der Waals surface area contributed by atoms with Crippen LogP contribution in [-0.2, 0) is 4.79 Å². The van der Waals surface area contributed by atoms with Crippen LogP contribution in [0.15, 0.2) is 18.2 Å². The van der Waals surface area contributed by atoms with E-state index in [9.17, 15) is 14.7 Å². The second-order valence-electron chi connectivity index (χ2n) is 5.32. The van der Waals surface area contributed by atoms with Gasteiger partial charge in [0.15, 0.2) is 0 Å². The third-order valence-corrected chi connectivity index (χ3v) is 3.62. The predicted molar refractivity (Wildman–Crippen MR) is 77.4 cm³/mol. The summed E-state index contributed by atoms with van der Waals surface area (Å²) in [5, 5.41) is 12.4. The van der Waals surface area contributed by atoms with Gasteiger partial charge < -0.3 is 20.1 Å². The first-order chi connectivity index (χ1) is 9.93. The Morgan fingerprint density at radius 3 is 2.76 bits per heavy atom. The molecule has 0 spiro atoms. The number of likely N-dealkylation sites (tertiary alicyclic amines) is 1. The Kier molecular flexibility index (Phi) is 4.35. The predicted octanol–water partition coefficient (Wildman–Crippen LogP) is 1.14. The van der Waals surface area contributed by atoms with Gasteiger partial charge in [0.05, 0.1) is 12.7 Å². The van der Waals surface area contributed by atoms with Gasteiger partial charge in [-0.25, -0.2) is 0 Å². The molecule has 1 atom stereocenters. The van der Waals surface area contributed by atoms with Crippen LogP contribution < -0.4 is 10.1 Å². The van der Waals surface area contributed by atoms with E-state index in [1.807, 2.05) is 13.8 Å². The maximum atomic E-state index is 12.2. The molecule has 6 heteroatoms. The van der Waals surface area contributed by atoms with E-state index in [0.717, 1.165) is 0 Å². The number of benzene rings is 1. The van der Waals surface area contributed by atoms with Crippen molar-refractivity contribution in [3.8, 4) is 11.5 Å². The maximum Gasteiger partial charge on any atom is 0.255 e. The van der Waals surface area contributed by atoms with Crippen molar-refractivity contribution in [3.05, 3.63) is 23.8 Å². The average molecular weight is 292 g/mol. The molecule has 2 rings (SSSR count). The van der Waals surface area contributed by atoms with E-state index >= 15 is 0 Å². The molecule has 1 unspecified atom stereocenters. The highest BCUT2D eigenvalue weighted by molar-refractivity contribution is 6.00. The summed E-state index contributed by atoms with van der Waals surface area (Å²) in [5.41, 5.74) is 0.102. The fraction of sp³-hybridized carbons (Fsp3) is 0.467. The van der Waals surface area contributed by atoms with E-state index in [1.165, 1.54) is 19.2 Å². The van der Waals surface area contributed by atoms with Crippen LogP contribution in [0.3, 0.4) is 0 Å². The summed E-state index contributed by atoms with van der Waals surface area (Å²) in [6, 6.07) is 3.98. The highest BCUT2D eigenvalue weighted by Crippen LogP contribution is 2.23. The van der Waals surface area contributed by atoms with Crippen molar-refractivity contribution in [2.24, 2.45) is 0 Å². The first-order valence-corrected chi connectivity index (χ1v) is 6.92. The van der Waals surface area contributed by atoms with Crippen molar-refractivity contribution < 1.29 is 19.4 Å². The lowest BCUT2D eigenvalue weighted by Gasteiger charge is -2.21. The maximum absolute atomic E-state index is 12.2. The van der Waals surface area contributed by atoms with E-state index in [-0.39, 0.29) is 23.3 Å². The largest absolute Gasteiger partial charge is 0.507 e. The Hall–Kier alpha value is -2.24. The lowest BCUT2D eigenvalue weighted by atomic mass is 10.1. The number of carbonyl (C=O) groups is 2. The van der Waals surface area contributed by atoms with Gasteiger partial charge in [0.1, 0.15) is 17.5 Å². The lowest BCUT2D eigenvalue weighted by molar-refractivity contribution is -0.130. The number of phenolic OH excluding ortho intramolecular Hbond substituents is 1. The quantitative estimate of drug-likeness (QED) is 0.872. The van der Waals surface area contributed by atoms with Crippen molar-refractivity contribution in [2.45, 2.75) is 32.4 Å². The number of nitrogens with zero attached hydrogens (tertiary/aromatic N) is 1. The second-order valence-corrected chi connectivity index (χ2v) is 5.32. The number of amides is 2. The number of phenols is 1. The number of carbonyl (C=O) groups excluding carboxylic acids is 2. The Bertz CT molecular complexity index is 557. The molecule has 0 radical (unpaired) electrons. The van der Waals surface area contributed by atoms with Crippen molar-refractivity contribution in [1.29, 1.82) is 0 Å². The minimum atomic E-state index is -0.537. The molecule has 1 aromatic rings. The highest BCUT2D eigenvalue weighted by Gasteiger charge is 2.34. The first-order valence-electron chi connectivity index (χ1n) is 6.92. The molecule has 21 heavy (non-hydrogen) atoms. The average Bonchev–Trinajstić information content (AvgIpc) is 2.80. The molecule has 6 nitrogen and oxygen atoms in total. The fourth-order valence-electron chi connectivity index (χ4n) is 2.41. The number of methoxy groups -OCH3 is 1. The number of nitrogens with one attached hydrogen (secondary N) is 1. The van der Waals surface area contributed by atoms with Gasteiger partial charge in [-0.2, -0.15) is 0 Å². The van der Waals surface area contributed by atoms with Crippen LogP contribution in [0.5, 0.6) is 11.5 Å². The van der Waals surface area contributed by atoms with E-state index in [1.54, 1.807) is 11.0 Å². The van der Waals surface area contributed by atoms with Gasteiger partial charge in [-0.05, 0) is 38.5 Å². The van der Waals surface area contributed by atoms with Gasteiger partial charge in [0.25, 0.3) is 5.91 Å². The zero-order valence-corrected chi connectivity index (χ0v) is 12.4. The van der Waals surface area contributed by atoms with Crippen molar-refractivity contribution in [3.63, 3.8) is 0 Å². The van der Waals surface area contributed by atoms with E-state index in [2.05, 4.69) is 5.32 Å². The molecule has 1 aliphatic rings. The molecule has 1 heterocycles. The topological polar surface area (TPSA) is 78.9 Å². The Balaban J connectivity index is 2.11. The molecule has 1 fully saturated rings. The summed E-state index contributed by atoms with van der Waals surface area (Å²) in [6.07, 6.45) is 0.577. The second kappa shape index (κ2) is 6.03. The zero-order valence-electron chi connectivity index (χ0n) is 12.4. The van der Waals surface area contributed by atoms with Gasteiger partial charge in [0.2, 0.25) is 5.91 Å². The van der Waals surface area contributed by atoms with Gasteiger partial charge in [-0.1, -0.05) is 0 Å². The smallest absolute Gasteiger partial charge is 0.255 e. The molecule has 1 aliphatic heterocycles. The summed E-state index contributed by atoms with van der Waals surface area (Å²) in [5.74, 6) is -0.227. The van der Waals surface area contributed by atoms with Crippen LogP contribution >= 0.6 is 0 Å². The van der Waals surface area contributed by atoms with Crippen LogP contribution in [0.2, 0.25) is 0 Å². The van der Waals surface area contributed by atoms with Crippen molar-refractivity contribution >= 4 is 11.8 Å². The highest BCUT2D eigenvalue weighted by atomic mass is 16.5.